The van der Waals surface area contributed by atoms with Gasteiger partial charge in [-0.2, -0.15) is 0 Å². The Kier molecular flexibility index (Phi) is 4.80. The van der Waals surface area contributed by atoms with Gasteiger partial charge in [-0.25, -0.2) is 0 Å². The van der Waals surface area contributed by atoms with Crippen LogP contribution >= 0.6 is 0 Å². The van der Waals surface area contributed by atoms with Gasteiger partial charge in [-0.15, -0.1) is 0 Å². The van der Waals surface area contributed by atoms with Crippen molar-refractivity contribution in [3.63, 3.8) is 0 Å². The zero-order valence-electron chi connectivity index (χ0n) is 14.0. The van der Waals surface area contributed by atoms with Crippen molar-refractivity contribution in [1.29, 1.82) is 0 Å². The van der Waals surface area contributed by atoms with Crippen LogP contribution in [-0.2, 0) is 16.0 Å². The van der Waals surface area contributed by atoms with Gasteiger partial charge in [-0.05, 0) is 38.1 Å². The molecule has 1 unspecified atom stereocenters. The molecule has 1 aromatic heterocycles. The monoisotopic (exact) mass is 316 g/mol. The summed E-state index contributed by atoms with van der Waals surface area (Å²) < 4.78 is 11.1. The number of nitrogens with one attached hydrogen (secondary N) is 1. The van der Waals surface area contributed by atoms with E-state index in [9.17, 15) is 4.79 Å². The van der Waals surface area contributed by atoms with Crippen molar-refractivity contribution in [2.45, 2.75) is 26.5 Å². The molecular weight excluding hydrogens is 292 g/mol. The minimum absolute atomic E-state index is 0.0752. The van der Waals surface area contributed by atoms with E-state index in [0.717, 1.165) is 34.3 Å². The van der Waals surface area contributed by atoms with Gasteiger partial charge in [0.2, 0.25) is 0 Å². The first-order valence-corrected chi connectivity index (χ1v) is 8.04. The molecule has 1 aliphatic heterocycles. The van der Waals surface area contributed by atoms with E-state index >= 15 is 0 Å². The molecule has 1 fully saturated rings. The molecule has 0 spiro atoms. The van der Waals surface area contributed by atoms with Crippen LogP contribution in [-0.4, -0.2) is 49.4 Å². The highest BCUT2D eigenvalue weighted by Crippen LogP contribution is 2.16. The minimum atomic E-state index is 0.0752. The molecule has 3 rings (SSSR count). The lowest BCUT2D eigenvalue weighted by molar-refractivity contribution is -0.0963. The molecule has 0 aliphatic carbocycles. The van der Waals surface area contributed by atoms with Crippen LogP contribution in [0.25, 0.3) is 10.9 Å². The van der Waals surface area contributed by atoms with Gasteiger partial charge in [0, 0.05) is 30.2 Å². The van der Waals surface area contributed by atoms with Crippen LogP contribution in [0.4, 0.5) is 0 Å². The van der Waals surface area contributed by atoms with Crippen molar-refractivity contribution in [3.8, 4) is 0 Å². The van der Waals surface area contributed by atoms with Crippen LogP contribution in [0.2, 0.25) is 0 Å². The lowest BCUT2D eigenvalue weighted by Gasteiger charge is -2.27. The molecule has 1 aliphatic rings. The summed E-state index contributed by atoms with van der Waals surface area (Å²) in [6.45, 7) is 7.48. The third kappa shape index (κ3) is 3.80. The molecule has 5 heteroatoms. The van der Waals surface area contributed by atoms with Crippen LogP contribution in [0.15, 0.2) is 23.0 Å². The van der Waals surface area contributed by atoms with Crippen molar-refractivity contribution < 1.29 is 9.47 Å². The zero-order valence-corrected chi connectivity index (χ0v) is 14.0. The third-order valence-electron chi connectivity index (χ3n) is 4.18. The lowest BCUT2D eigenvalue weighted by atomic mass is 10.1. The van der Waals surface area contributed by atoms with E-state index in [1.54, 1.807) is 6.07 Å². The van der Waals surface area contributed by atoms with E-state index in [1.807, 2.05) is 27.0 Å². The van der Waals surface area contributed by atoms with Gasteiger partial charge in [-0.3, -0.25) is 9.69 Å². The van der Waals surface area contributed by atoms with Crippen molar-refractivity contribution in [1.82, 2.24) is 9.88 Å². The van der Waals surface area contributed by atoms with Gasteiger partial charge in [-0.1, -0.05) is 6.07 Å². The number of ether oxygens (including phenoxy) is 2. The first-order valence-electron chi connectivity index (χ1n) is 8.04. The second-order valence-electron chi connectivity index (χ2n) is 6.43. The van der Waals surface area contributed by atoms with Gasteiger partial charge < -0.3 is 14.5 Å². The number of rotatable bonds is 4. The summed E-state index contributed by atoms with van der Waals surface area (Å²) >= 11 is 0. The number of likely N-dealkylation sites (N-methyl/N-ethyl adjacent to an activating group) is 1. The maximum absolute atomic E-state index is 12.4. The van der Waals surface area contributed by atoms with Gasteiger partial charge in [0.1, 0.15) is 0 Å². The summed E-state index contributed by atoms with van der Waals surface area (Å²) in [7, 11) is 2.03. The maximum atomic E-state index is 12.4. The number of pyridine rings is 1. The molecule has 1 N–H and O–H groups in total. The van der Waals surface area contributed by atoms with Crippen LogP contribution in [0, 0.1) is 13.8 Å². The number of hydrogen-bond acceptors (Lipinski definition) is 4. The number of benzene rings is 1. The number of aromatic nitrogens is 1. The van der Waals surface area contributed by atoms with Crippen molar-refractivity contribution in [2.75, 3.05) is 33.4 Å². The summed E-state index contributed by atoms with van der Waals surface area (Å²) in [4.78, 5) is 18.0. The normalized spacial score (nSPS) is 18.7. The maximum Gasteiger partial charge on any atom is 0.189 e. The second-order valence-corrected chi connectivity index (χ2v) is 6.43. The van der Waals surface area contributed by atoms with Crippen LogP contribution in [0.3, 0.4) is 0 Å². The molecule has 0 amide bonds. The highest BCUT2D eigenvalue weighted by molar-refractivity contribution is 5.82. The molecule has 5 nitrogen and oxygen atoms in total. The Morgan fingerprint density at radius 1 is 1.26 bits per heavy atom. The Morgan fingerprint density at radius 3 is 2.83 bits per heavy atom. The third-order valence-corrected chi connectivity index (χ3v) is 4.18. The first kappa shape index (κ1) is 16.2. The Hall–Kier alpha value is -1.69. The van der Waals surface area contributed by atoms with E-state index in [1.165, 1.54) is 0 Å². The largest absolute Gasteiger partial charge is 0.376 e. The average Bonchev–Trinajstić information content (AvgIpc) is 2.49. The molecule has 2 aromatic rings. The lowest BCUT2D eigenvalue weighted by Crippen LogP contribution is -2.38. The van der Waals surface area contributed by atoms with Crippen molar-refractivity contribution in [3.05, 3.63) is 45.2 Å². The summed E-state index contributed by atoms with van der Waals surface area (Å²) in [6, 6.07) is 5.75. The molecule has 0 bridgehead atoms. The smallest absolute Gasteiger partial charge is 0.189 e. The van der Waals surface area contributed by atoms with Crippen LogP contribution in [0.5, 0.6) is 0 Å². The standard InChI is InChI=1S/C18H24N2O3/c1-12-6-13(2)18-16(7-12)17(21)8-14(19-18)9-20(3)10-15-11-22-4-5-23-15/h6-8,15H,4-5,9-11H2,1-3H3,(H,19,21). The molecule has 124 valence electrons. The number of hydrogen-bond donors (Lipinski definition) is 1. The fourth-order valence-corrected chi connectivity index (χ4v) is 3.19. The van der Waals surface area contributed by atoms with E-state index in [-0.39, 0.29) is 11.5 Å². The van der Waals surface area contributed by atoms with E-state index in [0.29, 0.717) is 26.4 Å². The van der Waals surface area contributed by atoms with Crippen LogP contribution < -0.4 is 5.43 Å². The average molecular weight is 316 g/mol. The molecule has 0 saturated carbocycles. The summed E-state index contributed by atoms with van der Waals surface area (Å²) in [5.74, 6) is 0. The molecule has 23 heavy (non-hydrogen) atoms. The predicted octanol–water partition coefficient (Wildman–Crippen LogP) is 1.99. The first-order chi connectivity index (χ1) is 11.0. The molecule has 1 atom stereocenters. The predicted molar refractivity (Wildman–Crippen MR) is 90.9 cm³/mol. The topological polar surface area (TPSA) is 54.6 Å². The number of aromatic amines is 1. The SMILES string of the molecule is Cc1cc(C)c2[nH]c(CN(C)CC3COCCO3)cc(=O)c2c1. The van der Waals surface area contributed by atoms with Gasteiger partial charge in [0.15, 0.2) is 5.43 Å². The molecular formula is C18H24N2O3. The van der Waals surface area contributed by atoms with E-state index < -0.39 is 0 Å². The van der Waals surface area contributed by atoms with Crippen LogP contribution in [0.1, 0.15) is 16.8 Å². The van der Waals surface area contributed by atoms with E-state index in [4.69, 9.17) is 9.47 Å². The number of H-pyrrole nitrogens is 1. The fourth-order valence-electron chi connectivity index (χ4n) is 3.19. The Morgan fingerprint density at radius 2 is 2.09 bits per heavy atom. The van der Waals surface area contributed by atoms with Gasteiger partial charge in [0.05, 0.1) is 31.4 Å². The number of aryl methyl sites for hydroxylation is 2. The highest BCUT2D eigenvalue weighted by atomic mass is 16.6. The minimum Gasteiger partial charge on any atom is -0.376 e. The Bertz CT molecular complexity index is 748. The zero-order chi connectivity index (χ0) is 16.4. The second kappa shape index (κ2) is 6.83. The summed E-state index contributed by atoms with van der Waals surface area (Å²) in [6.07, 6.45) is 0.102. The molecule has 1 aromatic carbocycles. The highest BCUT2D eigenvalue weighted by Gasteiger charge is 2.17. The summed E-state index contributed by atoms with van der Waals surface area (Å²) in [5, 5.41) is 0.762. The van der Waals surface area contributed by atoms with Crippen molar-refractivity contribution >= 4 is 10.9 Å². The molecule has 1 saturated heterocycles. The fraction of sp³-hybridized carbons (Fsp3) is 0.500. The number of nitrogens with zero attached hydrogens (tertiary/aromatic N) is 1. The van der Waals surface area contributed by atoms with E-state index in [2.05, 4.69) is 16.0 Å². The summed E-state index contributed by atoms with van der Waals surface area (Å²) in [5.41, 5.74) is 4.15. The quantitative estimate of drug-likeness (QED) is 0.937. The Balaban J connectivity index is 1.78. The van der Waals surface area contributed by atoms with Crippen molar-refractivity contribution in [2.24, 2.45) is 0 Å². The van der Waals surface area contributed by atoms with Gasteiger partial charge in [0.25, 0.3) is 0 Å². The molecule has 2 heterocycles. The molecule has 0 radical (unpaired) electrons. The van der Waals surface area contributed by atoms with Gasteiger partial charge >= 0.3 is 0 Å². The number of fused-ring (bicyclic) bond motifs is 1. The Labute approximate surface area is 136 Å².